The fourth-order valence-corrected chi connectivity index (χ4v) is 6.01. The predicted octanol–water partition coefficient (Wildman–Crippen LogP) is 5.15. The Hall–Kier alpha value is -3.89. The molecular weight excluding hydrogens is 491 g/mol. The van der Waals surface area contributed by atoms with Crippen LogP contribution < -0.4 is 10.1 Å². The minimum Gasteiger partial charge on any atom is -0.479 e. The van der Waals surface area contributed by atoms with Crippen LogP contribution in [0.25, 0.3) is 43.4 Å². The van der Waals surface area contributed by atoms with Crippen molar-refractivity contribution in [3.8, 4) is 39.1 Å². The van der Waals surface area contributed by atoms with Crippen molar-refractivity contribution in [3.05, 3.63) is 60.8 Å². The van der Waals surface area contributed by atoms with E-state index in [4.69, 9.17) is 14.7 Å². The molecule has 0 unspecified atom stereocenters. The molecule has 0 atom stereocenters. The summed E-state index contributed by atoms with van der Waals surface area (Å²) in [6, 6.07) is 11.7. The Balaban J connectivity index is 1.63. The monoisotopic (exact) mass is 516 g/mol. The topological polar surface area (TPSA) is 98.0 Å². The van der Waals surface area contributed by atoms with E-state index in [1.807, 2.05) is 48.1 Å². The first-order valence-electron chi connectivity index (χ1n) is 12.0. The predicted molar refractivity (Wildman–Crippen MR) is 142 cm³/mol. The largest absolute Gasteiger partial charge is 0.479 e. The lowest BCUT2D eigenvalue weighted by Crippen LogP contribution is -2.37. The molecular formula is C27H25FN6O2S. The molecule has 4 heterocycles. The number of nitrogens with one attached hydrogen (secondary N) is 1. The van der Waals surface area contributed by atoms with Gasteiger partial charge in [0.25, 0.3) is 5.88 Å². The van der Waals surface area contributed by atoms with Crippen molar-refractivity contribution in [2.75, 3.05) is 19.0 Å². The third-order valence-electron chi connectivity index (χ3n) is 6.77. The summed E-state index contributed by atoms with van der Waals surface area (Å²) in [7, 11) is 3.30. The first-order valence-corrected chi connectivity index (χ1v) is 12.8. The summed E-state index contributed by atoms with van der Waals surface area (Å²) in [4.78, 5) is 19.7. The summed E-state index contributed by atoms with van der Waals surface area (Å²) in [5.41, 5.74) is 2.17. The van der Waals surface area contributed by atoms with E-state index in [1.165, 1.54) is 18.4 Å². The van der Waals surface area contributed by atoms with Crippen LogP contribution in [0.15, 0.2) is 55.0 Å². The summed E-state index contributed by atoms with van der Waals surface area (Å²) < 4.78 is 22.6. The number of nitrogens with zero attached hydrogens (tertiary/aromatic N) is 5. The number of thiophene rings is 1. The van der Waals surface area contributed by atoms with Crippen LogP contribution in [0.5, 0.6) is 5.88 Å². The standard InChI is InChI=1S/C27H25FN6O2S/c1-34-11-10-29-25(34)24-32-23(31-17-12-15(13-17)14-35)20-19(16-6-4-3-5-7-16)22(37-27(20)33-24)18-8-9-30-26(36-2)21(18)28/h3-11,15,17,35H,12-14H2,1-2H3,(H,31,32,33). The molecule has 2 N–H and O–H groups in total. The summed E-state index contributed by atoms with van der Waals surface area (Å²) in [5, 5.41) is 13.9. The summed E-state index contributed by atoms with van der Waals surface area (Å²) in [6.07, 6.45) is 6.81. The molecule has 0 radical (unpaired) electrons. The second kappa shape index (κ2) is 9.53. The van der Waals surface area contributed by atoms with Crippen molar-refractivity contribution < 1.29 is 14.2 Å². The summed E-state index contributed by atoms with van der Waals surface area (Å²) >= 11 is 1.40. The average molecular weight is 517 g/mol. The van der Waals surface area contributed by atoms with E-state index < -0.39 is 5.82 Å². The number of rotatable bonds is 7. The Labute approximate surface area is 216 Å². The normalized spacial score (nSPS) is 17.1. The van der Waals surface area contributed by atoms with E-state index in [0.29, 0.717) is 23.0 Å². The zero-order chi connectivity index (χ0) is 25.5. The Morgan fingerprint density at radius 3 is 2.65 bits per heavy atom. The number of aryl methyl sites for hydroxylation is 1. The Bertz CT molecular complexity index is 1580. The molecule has 0 spiro atoms. The van der Waals surface area contributed by atoms with E-state index in [2.05, 4.69) is 15.3 Å². The van der Waals surface area contributed by atoms with E-state index in [1.54, 1.807) is 18.5 Å². The molecule has 0 amide bonds. The molecule has 37 heavy (non-hydrogen) atoms. The molecule has 5 aromatic rings. The summed E-state index contributed by atoms with van der Waals surface area (Å²) in [5.74, 6) is 1.50. The lowest BCUT2D eigenvalue weighted by molar-refractivity contribution is 0.151. The molecule has 188 valence electrons. The van der Waals surface area contributed by atoms with Gasteiger partial charge in [0.2, 0.25) is 0 Å². The van der Waals surface area contributed by atoms with Crippen LogP contribution in [0.4, 0.5) is 10.2 Å². The van der Waals surface area contributed by atoms with E-state index in [9.17, 15) is 5.11 Å². The highest BCUT2D eigenvalue weighted by atomic mass is 32.1. The maximum Gasteiger partial charge on any atom is 0.250 e. The van der Waals surface area contributed by atoms with Gasteiger partial charge in [0, 0.05) is 54.3 Å². The van der Waals surface area contributed by atoms with Gasteiger partial charge >= 0.3 is 0 Å². The number of aliphatic hydroxyl groups excluding tert-OH is 1. The number of methoxy groups -OCH3 is 1. The zero-order valence-electron chi connectivity index (χ0n) is 20.3. The van der Waals surface area contributed by atoms with Gasteiger partial charge < -0.3 is 19.7 Å². The van der Waals surface area contributed by atoms with E-state index >= 15 is 4.39 Å². The highest BCUT2D eigenvalue weighted by Crippen LogP contribution is 2.48. The first-order chi connectivity index (χ1) is 18.1. The molecule has 0 aliphatic heterocycles. The van der Waals surface area contributed by atoms with Crippen molar-refractivity contribution >= 4 is 27.4 Å². The van der Waals surface area contributed by atoms with Crippen LogP contribution in [0.3, 0.4) is 0 Å². The Morgan fingerprint density at radius 1 is 1.14 bits per heavy atom. The molecule has 1 aromatic carbocycles. The van der Waals surface area contributed by atoms with Gasteiger partial charge in [-0.25, -0.2) is 24.3 Å². The van der Waals surface area contributed by atoms with Gasteiger partial charge in [-0.15, -0.1) is 11.3 Å². The van der Waals surface area contributed by atoms with Crippen molar-refractivity contribution in [2.45, 2.75) is 18.9 Å². The molecule has 4 aromatic heterocycles. The number of fused-ring (bicyclic) bond motifs is 1. The number of hydrogen-bond acceptors (Lipinski definition) is 8. The molecule has 1 fully saturated rings. The number of aromatic nitrogens is 5. The van der Waals surface area contributed by atoms with Crippen molar-refractivity contribution in [1.82, 2.24) is 24.5 Å². The molecule has 1 aliphatic carbocycles. The zero-order valence-corrected chi connectivity index (χ0v) is 21.2. The quantitative estimate of drug-likeness (QED) is 0.309. The highest BCUT2D eigenvalue weighted by Gasteiger charge is 2.31. The lowest BCUT2D eigenvalue weighted by Gasteiger charge is -2.35. The van der Waals surface area contributed by atoms with Gasteiger partial charge in [-0.05, 0) is 30.4 Å². The highest BCUT2D eigenvalue weighted by molar-refractivity contribution is 7.22. The van der Waals surface area contributed by atoms with Crippen LogP contribution in [-0.2, 0) is 7.05 Å². The third kappa shape index (κ3) is 4.11. The van der Waals surface area contributed by atoms with Crippen molar-refractivity contribution in [1.29, 1.82) is 0 Å². The number of pyridine rings is 1. The molecule has 1 saturated carbocycles. The fraction of sp³-hybridized carbons (Fsp3) is 0.259. The Morgan fingerprint density at radius 2 is 1.95 bits per heavy atom. The molecule has 8 nitrogen and oxygen atoms in total. The van der Waals surface area contributed by atoms with Gasteiger partial charge in [-0.3, -0.25) is 0 Å². The number of hydrogen-bond donors (Lipinski definition) is 2. The molecule has 0 saturated heterocycles. The van der Waals surface area contributed by atoms with Gasteiger partial charge in [-0.2, -0.15) is 0 Å². The van der Waals surface area contributed by atoms with E-state index in [-0.39, 0.29) is 24.4 Å². The number of imidazole rings is 1. The van der Waals surface area contributed by atoms with Crippen molar-refractivity contribution in [3.63, 3.8) is 0 Å². The van der Waals surface area contributed by atoms with Crippen LogP contribution in [0, 0.1) is 11.7 Å². The minimum absolute atomic E-state index is 0.0587. The first kappa shape index (κ1) is 23.5. The molecule has 10 heteroatoms. The van der Waals surface area contributed by atoms with Gasteiger partial charge in [0.1, 0.15) is 10.6 Å². The maximum atomic E-state index is 15.5. The fourth-order valence-electron chi connectivity index (χ4n) is 4.79. The van der Waals surface area contributed by atoms with Gasteiger partial charge in [-0.1, -0.05) is 30.3 Å². The second-order valence-corrected chi connectivity index (χ2v) is 10.2. The van der Waals surface area contributed by atoms with Gasteiger partial charge in [0.05, 0.1) is 12.5 Å². The number of ether oxygens (including phenoxy) is 1. The van der Waals surface area contributed by atoms with Crippen LogP contribution in [0.1, 0.15) is 12.8 Å². The number of benzene rings is 1. The lowest BCUT2D eigenvalue weighted by atomic mass is 9.81. The van der Waals surface area contributed by atoms with E-state index in [0.717, 1.165) is 39.1 Å². The van der Waals surface area contributed by atoms with Gasteiger partial charge in [0.15, 0.2) is 17.5 Å². The molecule has 6 rings (SSSR count). The summed E-state index contributed by atoms with van der Waals surface area (Å²) in [6.45, 7) is 0.177. The second-order valence-electron chi connectivity index (χ2n) is 9.15. The van der Waals surface area contributed by atoms with Crippen LogP contribution >= 0.6 is 11.3 Å². The molecule has 1 aliphatic rings. The third-order valence-corrected chi connectivity index (χ3v) is 7.88. The maximum absolute atomic E-state index is 15.5. The minimum atomic E-state index is -0.523. The van der Waals surface area contributed by atoms with Crippen LogP contribution in [-0.4, -0.2) is 49.4 Å². The SMILES string of the molecule is COc1nccc(-c2sc3nc(-c4nccn4C)nc(NC4CC(CO)C4)c3c2-c2ccccc2)c1F. The smallest absolute Gasteiger partial charge is 0.250 e. The van der Waals surface area contributed by atoms with Crippen LogP contribution in [0.2, 0.25) is 0 Å². The number of anilines is 1. The average Bonchev–Trinajstić information content (AvgIpc) is 3.50. The molecule has 0 bridgehead atoms. The Kier molecular flexibility index (Phi) is 6.05. The number of aliphatic hydroxyl groups is 1. The number of halogens is 1. The van der Waals surface area contributed by atoms with Crippen molar-refractivity contribution in [2.24, 2.45) is 13.0 Å².